The third kappa shape index (κ3) is 3.52. The summed E-state index contributed by atoms with van der Waals surface area (Å²) >= 11 is 6.12. The fraction of sp³-hybridized carbons (Fsp3) is 0.444. The van der Waals surface area contributed by atoms with Gasteiger partial charge in [-0.3, -0.25) is 9.69 Å². The van der Waals surface area contributed by atoms with E-state index in [1.165, 1.54) is 12.1 Å². The highest BCUT2D eigenvalue weighted by Gasteiger charge is 2.25. The van der Waals surface area contributed by atoms with Gasteiger partial charge >= 0.3 is 0 Å². The van der Waals surface area contributed by atoms with Gasteiger partial charge in [-0.25, -0.2) is 9.37 Å². The van der Waals surface area contributed by atoms with E-state index in [1.807, 2.05) is 20.8 Å². The molecule has 1 aromatic carbocycles. The Kier molecular flexibility index (Phi) is 4.49. The Hall–Kier alpha value is -1.72. The molecule has 0 atom stereocenters. The van der Waals surface area contributed by atoms with E-state index in [0.29, 0.717) is 30.4 Å². The summed E-state index contributed by atoms with van der Waals surface area (Å²) in [5.74, 6) is 0.365. The van der Waals surface area contributed by atoms with Gasteiger partial charge in [0.15, 0.2) is 0 Å². The number of H-pyrrole nitrogens is 1. The van der Waals surface area contributed by atoms with Crippen molar-refractivity contribution in [3.63, 3.8) is 0 Å². The molecule has 0 bridgehead atoms. The molecule has 0 amide bonds. The molecule has 1 aliphatic rings. The summed E-state index contributed by atoms with van der Waals surface area (Å²) in [7, 11) is 0. The van der Waals surface area contributed by atoms with Gasteiger partial charge in [0.2, 0.25) is 0 Å². The van der Waals surface area contributed by atoms with Crippen LogP contribution < -0.4 is 5.56 Å². The van der Waals surface area contributed by atoms with Gasteiger partial charge < -0.3 is 4.98 Å². The summed E-state index contributed by atoms with van der Waals surface area (Å²) in [6.45, 7) is 8.03. The van der Waals surface area contributed by atoms with E-state index in [1.54, 1.807) is 6.07 Å². The Bertz CT molecular complexity index is 826. The first-order valence-electron chi connectivity index (χ1n) is 8.03. The molecular weight excluding hydrogens is 329 g/mol. The van der Waals surface area contributed by atoms with Gasteiger partial charge in [0, 0.05) is 35.6 Å². The van der Waals surface area contributed by atoms with Gasteiger partial charge in [0.25, 0.3) is 5.56 Å². The average Bonchev–Trinajstić information content (AvgIpc) is 2.49. The standard InChI is InChI=1S/C18H21ClFN3O/c1-18(2,3)17-21-15-10-23(7-6-13(15)16(24)22-17)9-11-4-5-12(20)8-14(11)19/h4-5,8H,6-7,9-10H2,1-3H3,(H,21,22,24). The zero-order chi connectivity index (χ0) is 17.5. The number of hydrogen-bond acceptors (Lipinski definition) is 3. The number of hydrogen-bond donors (Lipinski definition) is 1. The minimum atomic E-state index is -0.337. The highest BCUT2D eigenvalue weighted by Crippen LogP contribution is 2.24. The number of aromatic nitrogens is 2. The van der Waals surface area contributed by atoms with Crippen molar-refractivity contribution in [2.45, 2.75) is 45.7 Å². The second-order valence-corrected chi connectivity index (χ2v) is 7.69. The van der Waals surface area contributed by atoms with E-state index in [2.05, 4.69) is 14.9 Å². The van der Waals surface area contributed by atoms with E-state index in [4.69, 9.17) is 11.6 Å². The van der Waals surface area contributed by atoms with Crippen LogP contribution in [0.15, 0.2) is 23.0 Å². The second-order valence-electron chi connectivity index (χ2n) is 7.29. The highest BCUT2D eigenvalue weighted by atomic mass is 35.5. The van der Waals surface area contributed by atoms with E-state index >= 15 is 0 Å². The molecule has 6 heteroatoms. The first kappa shape index (κ1) is 17.1. The summed E-state index contributed by atoms with van der Waals surface area (Å²) in [6, 6.07) is 4.45. The lowest BCUT2D eigenvalue weighted by molar-refractivity contribution is 0.239. The number of fused-ring (bicyclic) bond motifs is 1. The van der Waals surface area contributed by atoms with Crippen LogP contribution in [0, 0.1) is 5.82 Å². The maximum absolute atomic E-state index is 13.2. The van der Waals surface area contributed by atoms with Crippen LogP contribution in [0.4, 0.5) is 4.39 Å². The topological polar surface area (TPSA) is 49.0 Å². The van der Waals surface area contributed by atoms with Crippen LogP contribution in [0.1, 0.15) is 43.4 Å². The van der Waals surface area contributed by atoms with Crippen molar-refractivity contribution in [2.24, 2.45) is 0 Å². The number of nitrogens with one attached hydrogen (secondary N) is 1. The molecule has 0 spiro atoms. The molecule has 0 radical (unpaired) electrons. The van der Waals surface area contributed by atoms with E-state index in [0.717, 1.165) is 23.4 Å². The molecule has 0 fully saturated rings. The number of rotatable bonds is 2. The molecule has 0 aliphatic carbocycles. The van der Waals surface area contributed by atoms with Gasteiger partial charge in [-0.15, -0.1) is 0 Å². The highest BCUT2D eigenvalue weighted by molar-refractivity contribution is 6.31. The number of benzene rings is 1. The summed E-state index contributed by atoms with van der Waals surface area (Å²) in [5.41, 5.74) is 2.22. The van der Waals surface area contributed by atoms with Crippen molar-refractivity contribution in [3.8, 4) is 0 Å². The van der Waals surface area contributed by atoms with Gasteiger partial charge in [-0.05, 0) is 24.1 Å². The molecule has 1 N–H and O–H groups in total. The first-order valence-corrected chi connectivity index (χ1v) is 8.40. The Labute approximate surface area is 145 Å². The van der Waals surface area contributed by atoms with Gasteiger partial charge in [-0.2, -0.15) is 0 Å². The normalized spacial score (nSPS) is 15.4. The lowest BCUT2D eigenvalue weighted by Crippen LogP contribution is -2.36. The maximum Gasteiger partial charge on any atom is 0.254 e. The quantitative estimate of drug-likeness (QED) is 0.903. The molecule has 1 aromatic heterocycles. The molecule has 128 valence electrons. The average molecular weight is 350 g/mol. The van der Waals surface area contributed by atoms with E-state index in [9.17, 15) is 9.18 Å². The monoisotopic (exact) mass is 349 g/mol. The summed E-state index contributed by atoms with van der Waals surface area (Å²) in [5, 5.41) is 0.426. The van der Waals surface area contributed by atoms with E-state index < -0.39 is 0 Å². The lowest BCUT2D eigenvalue weighted by Gasteiger charge is -2.29. The minimum absolute atomic E-state index is 0.0376. The zero-order valence-corrected chi connectivity index (χ0v) is 14.9. The fourth-order valence-corrected chi connectivity index (χ4v) is 3.10. The summed E-state index contributed by atoms with van der Waals surface area (Å²) in [6.07, 6.45) is 0.654. The smallest absolute Gasteiger partial charge is 0.254 e. The van der Waals surface area contributed by atoms with Crippen LogP contribution in [-0.2, 0) is 24.9 Å². The third-order valence-corrected chi connectivity index (χ3v) is 4.62. The van der Waals surface area contributed by atoms with Gasteiger partial charge in [0.1, 0.15) is 11.6 Å². The molecule has 1 aliphatic heterocycles. The van der Waals surface area contributed by atoms with Gasteiger partial charge in [-0.1, -0.05) is 38.4 Å². The number of aromatic amines is 1. The summed E-state index contributed by atoms with van der Waals surface area (Å²) in [4.78, 5) is 22.1. The first-order chi connectivity index (χ1) is 11.2. The molecule has 3 rings (SSSR count). The van der Waals surface area contributed by atoms with Gasteiger partial charge in [0.05, 0.1) is 5.69 Å². The second kappa shape index (κ2) is 6.30. The molecular formula is C18H21ClFN3O. The van der Waals surface area contributed by atoms with Crippen LogP contribution in [0.5, 0.6) is 0 Å². The number of nitrogens with zero attached hydrogens (tertiary/aromatic N) is 2. The largest absolute Gasteiger partial charge is 0.310 e. The predicted molar refractivity (Wildman–Crippen MR) is 92.8 cm³/mol. The third-order valence-electron chi connectivity index (χ3n) is 4.27. The van der Waals surface area contributed by atoms with E-state index in [-0.39, 0.29) is 16.8 Å². The molecule has 0 unspecified atom stereocenters. The molecule has 4 nitrogen and oxygen atoms in total. The predicted octanol–water partition coefficient (Wildman–Crippen LogP) is 3.42. The molecule has 0 saturated heterocycles. The molecule has 2 heterocycles. The molecule has 24 heavy (non-hydrogen) atoms. The van der Waals surface area contributed by atoms with Crippen molar-refractivity contribution in [3.05, 3.63) is 62.0 Å². The van der Waals surface area contributed by atoms with Crippen LogP contribution in [-0.4, -0.2) is 21.4 Å². The SMILES string of the molecule is CC(C)(C)c1nc2c(c(=O)[nH]1)CCN(Cc1ccc(F)cc1Cl)C2. The fourth-order valence-electron chi connectivity index (χ4n) is 2.87. The Morgan fingerprint density at radius 2 is 2.12 bits per heavy atom. The van der Waals surface area contributed by atoms with Crippen LogP contribution in [0.25, 0.3) is 0 Å². The lowest BCUT2D eigenvalue weighted by atomic mass is 9.95. The Morgan fingerprint density at radius 3 is 2.79 bits per heavy atom. The van der Waals surface area contributed by atoms with Crippen LogP contribution in [0.3, 0.4) is 0 Å². The summed E-state index contributed by atoms with van der Waals surface area (Å²) < 4.78 is 13.2. The molecule has 2 aromatic rings. The maximum atomic E-state index is 13.2. The van der Waals surface area contributed by atoms with Crippen molar-refractivity contribution in [2.75, 3.05) is 6.54 Å². The van der Waals surface area contributed by atoms with Crippen LogP contribution in [0.2, 0.25) is 5.02 Å². The van der Waals surface area contributed by atoms with Crippen molar-refractivity contribution in [1.29, 1.82) is 0 Å². The Morgan fingerprint density at radius 1 is 1.38 bits per heavy atom. The minimum Gasteiger partial charge on any atom is -0.310 e. The van der Waals surface area contributed by atoms with Crippen molar-refractivity contribution < 1.29 is 4.39 Å². The van der Waals surface area contributed by atoms with Crippen molar-refractivity contribution in [1.82, 2.24) is 14.9 Å². The van der Waals surface area contributed by atoms with Crippen molar-refractivity contribution >= 4 is 11.6 Å². The van der Waals surface area contributed by atoms with Crippen LogP contribution >= 0.6 is 11.6 Å². The number of halogens is 2. The molecule has 0 saturated carbocycles. The Balaban J connectivity index is 1.86. The zero-order valence-electron chi connectivity index (χ0n) is 14.1.